The van der Waals surface area contributed by atoms with Gasteiger partial charge in [-0.25, -0.2) is 19.9 Å². The van der Waals surface area contributed by atoms with Gasteiger partial charge < -0.3 is 16.0 Å². The van der Waals surface area contributed by atoms with Crippen LogP contribution in [-0.4, -0.2) is 24.9 Å². The summed E-state index contributed by atoms with van der Waals surface area (Å²) in [4.78, 5) is 19.9. The fraction of sp³-hybridized carbons (Fsp3) is 0.273. The standard InChI is InChI=1S/C11H13N7S/c1-6(13-2-7-3-19-5-16-7)10-17-9(12)8-11(18-10)15-4-14-8/h3-6,13H,2H2,1H3,(H3,12,14,15,17,18). The van der Waals surface area contributed by atoms with E-state index in [0.717, 1.165) is 5.69 Å². The highest BCUT2D eigenvalue weighted by Gasteiger charge is 2.13. The van der Waals surface area contributed by atoms with E-state index in [2.05, 4.69) is 30.2 Å². The van der Waals surface area contributed by atoms with E-state index in [-0.39, 0.29) is 6.04 Å². The summed E-state index contributed by atoms with van der Waals surface area (Å²) in [5.41, 5.74) is 9.95. The number of nitrogens with zero attached hydrogens (tertiary/aromatic N) is 4. The van der Waals surface area contributed by atoms with Gasteiger partial charge in [0.25, 0.3) is 0 Å². The van der Waals surface area contributed by atoms with Gasteiger partial charge in [-0.3, -0.25) is 0 Å². The predicted molar refractivity (Wildman–Crippen MR) is 73.5 cm³/mol. The second-order valence-electron chi connectivity index (χ2n) is 4.15. The number of imidazole rings is 1. The van der Waals surface area contributed by atoms with Gasteiger partial charge in [-0.05, 0) is 6.92 Å². The van der Waals surface area contributed by atoms with E-state index in [1.807, 2.05) is 17.8 Å². The van der Waals surface area contributed by atoms with Gasteiger partial charge in [0.05, 0.1) is 23.6 Å². The molecule has 98 valence electrons. The van der Waals surface area contributed by atoms with Crippen LogP contribution >= 0.6 is 11.3 Å². The summed E-state index contributed by atoms with van der Waals surface area (Å²) in [5.74, 6) is 1.05. The van der Waals surface area contributed by atoms with Gasteiger partial charge in [0.1, 0.15) is 11.3 Å². The van der Waals surface area contributed by atoms with E-state index in [4.69, 9.17) is 5.73 Å². The van der Waals surface area contributed by atoms with Crippen LogP contribution < -0.4 is 11.1 Å². The van der Waals surface area contributed by atoms with Gasteiger partial charge in [-0.15, -0.1) is 11.3 Å². The summed E-state index contributed by atoms with van der Waals surface area (Å²) in [7, 11) is 0. The largest absolute Gasteiger partial charge is 0.382 e. The van der Waals surface area contributed by atoms with Gasteiger partial charge >= 0.3 is 0 Å². The van der Waals surface area contributed by atoms with Crippen molar-refractivity contribution >= 4 is 28.3 Å². The zero-order valence-corrected chi connectivity index (χ0v) is 11.1. The molecule has 7 nitrogen and oxygen atoms in total. The zero-order valence-electron chi connectivity index (χ0n) is 10.3. The Morgan fingerprint density at radius 3 is 3.11 bits per heavy atom. The minimum Gasteiger partial charge on any atom is -0.382 e. The lowest BCUT2D eigenvalue weighted by Gasteiger charge is -2.11. The van der Waals surface area contributed by atoms with Crippen LogP contribution in [0.3, 0.4) is 0 Å². The van der Waals surface area contributed by atoms with Crippen LogP contribution in [0.1, 0.15) is 24.5 Å². The second kappa shape index (κ2) is 4.90. The number of anilines is 1. The fourth-order valence-corrected chi connectivity index (χ4v) is 2.30. The molecule has 4 N–H and O–H groups in total. The Kier molecular flexibility index (Phi) is 3.10. The van der Waals surface area contributed by atoms with Crippen LogP contribution in [0.15, 0.2) is 17.2 Å². The van der Waals surface area contributed by atoms with Crippen molar-refractivity contribution in [2.24, 2.45) is 0 Å². The molecule has 3 heterocycles. The van der Waals surface area contributed by atoms with Crippen molar-refractivity contribution in [2.45, 2.75) is 19.5 Å². The molecule has 3 aromatic heterocycles. The lowest BCUT2D eigenvalue weighted by molar-refractivity contribution is 0.544. The van der Waals surface area contributed by atoms with E-state index in [1.165, 1.54) is 0 Å². The number of aromatic amines is 1. The zero-order chi connectivity index (χ0) is 13.2. The highest BCUT2D eigenvalue weighted by atomic mass is 32.1. The number of fused-ring (bicyclic) bond motifs is 1. The van der Waals surface area contributed by atoms with Crippen molar-refractivity contribution in [3.63, 3.8) is 0 Å². The number of nitrogens with one attached hydrogen (secondary N) is 2. The third-order valence-corrected chi connectivity index (χ3v) is 3.43. The summed E-state index contributed by atoms with van der Waals surface area (Å²) in [5, 5.41) is 5.32. The molecule has 0 aliphatic rings. The van der Waals surface area contributed by atoms with Crippen molar-refractivity contribution in [2.75, 3.05) is 5.73 Å². The molecule has 1 atom stereocenters. The maximum atomic E-state index is 5.87. The SMILES string of the molecule is CC(NCc1cscn1)c1nc(N)c2[nH]cnc2n1. The summed E-state index contributed by atoms with van der Waals surface area (Å²) >= 11 is 1.58. The van der Waals surface area contributed by atoms with Crippen molar-refractivity contribution in [1.29, 1.82) is 0 Å². The van der Waals surface area contributed by atoms with Crippen LogP contribution in [0.4, 0.5) is 5.82 Å². The molecule has 0 amide bonds. The summed E-state index contributed by atoms with van der Waals surface area (Å²) in [6, 6.07) is -0.0231. The predicted octanol–water partition coefficient (Wildman–Crippen LogP) is 1.24. The summed E-state index contributed by atoms with van der Waals surface area (Å²) in [6.07, 6.45) is 1.56. The van der Waals surface area contributed by atoms with E-state index in [9.17, 15) is 0 Å². The molecule has 1 unspecified atom stereocenters. The number of H-pyrrole nitrogens is 1. The molecule has 0 fully saturated rings. The molecule has 0 aromatic carbocycles. The number of nitrogen functional groups attached to an aromatic ring is 1. The molecule has 8 heteroatoms. The highest BCUT2D eigenvalue weighted by Crippen LogP contribution is 2.17. The van der Waals surface area contributed by atoms with Crippen molar-refractivity contribution < 1.29 is 0 Å². The molecule has 0 spiro atoms. The monoisotopic (exact) mass is 275 g/mol. The lowest BCUT2D eigenvalue weighted by atomic mass is 10.3. The normalized spacial score (nSPS) is 12.9. The van der Waals surface area contributed by atoms with Crippen molar-refractivity contribution in [1.82, 2.24) is 30.2 Å². The minimum atomic E-state index is -0.0231. The van der Waals surface area contributed by atoms with Gasteiger partial charge in [-0.1, -0.05) is 0 Å². The molecule has 0 aliphatic heterocycles. The molecular weight excluding hydrogens is 262 g/mol. The topological polar surface area (TPSA) is 105 Å². The average Bonchev–Trinajstić information content (AvgIpc) is 3.06. The quantitative estimate of drug-likeness (QED) is 0.661. The molecule has 19 heavy (non-hydrogen) atoms. The Labute approximate surface area is 113 Å². The third kappa shape index (κ3) is 2.40. The number of rotatable bonds is 4. The number of hydrogen-bond donors (Lipinski definition) is 3. The number of nitrogens with two attached hydrogens (primary N) is 1. The molecule has 0 saturated carbocycles. The number of thiazole rings is 1. The second-order valence-corrected chi connectivity index (χ2v) is 4.87. The Morgan fingerprint density at radius 1 is 1.42 bits per heavy atom. The van der Waals surface area contributed by atoms with Crippen LogP contribution in [0.5, 0.6) is 0 Å². The molecule has 0 radical (unpaired) electrons. The van der Waals surface area contributed by atoms with Crippen LogP contribution in [0.25, 0.3) is 11.2 Å². The highest BCUT2D eigenvalue weighted by molar-refractivity contribution is 7.07. The Balaban J connectivity index is 1.79. The third-order valence-electron chi connectivity index (χ3n) is 2.79. The minimum absolute atomic E-state index is 0.0231. The molecule has 0 saturated heterocycles. The summed E-state index contributed by atoms with van der Waals surface area (Å²) < 4.78 is 0. The van der Waals surface area contributed by atoms with Crippen LogP contribution in [0, 0.1) is 0 Å². The number of aromatic nitrogens is 5. The van der Waals surface area contributed by atoms with Crippen LogP contribution in [-0.2, 0) is 6.54 Å². The van der Waals surface area contributed by atoms with E-state index in [1.54, 1.807) is 17.7 Å². The first-order chi connectivity index (χ1) is 9.24. The maximum absolute atomic E-state index is 5.87. The first kappa shape index (κ1) is 12.0. The Morgan fingerprint density at radius 2 is 2.32 bits per heavy atom. The van der Waals surface area contributed by atoms with Gasteiger partial charge in [0.15, 0.2) is 11.5 Å². The molecule has 0 bridgehead atoms. The lowest BCUT2D eigenvalue weighted by Crippen LogP contribution is -2.21. The van der Waals surface area contributed by atoms with E-state index < -0.39 is 0 Å². The van der Waals surface area contributed by atoms with E-state index in [0.29, 0.717) is 29.4 Å². The first-order valence-electron chi connectivity index (χ1n) is 5.81. The average molecular weight is 275 g/mol. The van der Waals surface area contributed by atoms with Crippen molar-refractivity contribution in [3.8, 4) is 0 Å². The van der Waals surface area contributed by atoms with Gasteiger partial charge in [0.2, 0.25) is 0 Å². The van der Waals surface area contributed by atoms with Crippen molar-refractivity contribution in [3.05, 3.63) is 28.7 Å². The van der Waals surface area contributed by atoms with Gasteiger partial charge in [0, 0.05) is 11.9 Å². The Bertz CT molecular complexity index is 675. The molecule has 0 aliphatic carbocycles. The Hall–Kier alpha value is -2.06. The molecule has 3 aromatic rings. The fourth-order valence-electron chi connectivity index (χ4n) is 1.74. The maximum Gasteiger partial charge on any atom is 0.183 e. The van der Waals surface area contributed by atoms with Crippen LogP contribution in [0.2, 0.25) is 0 Å². The summed E-state index contributed by atoms with van der Waals surface area (Å²) in [6.45, 7) is 2.66. The molecule has 3 rings (SSSR count). The van der Waals surface area contributed by atoms with E-state index >= 15 is 0 Å². The first-order valence-corrected chi connectivity index (χ1v) is 6.75. The number of hydrogen-bond acceptors (Lipinski definition) is 7. The smallest absolute Gasteiger partial charge is 0.183 e. The van der Waals surface area contributed by atoms with Gasteiger partial charge in [-0.2, -0.15) is 0 Å². The molecular formula is C11H13N7S.